The van der Waals surface area contributed by atoms with Crippen molar-refractivity contribution in [3.8, 4) is 0 Å². The molecule has 0 radical (unpaired) electrons. The van der Waals surface area contributed by atoms with Crippen molar-refractivity contribution in [3.63, 3.8) is 0 Å². The number of hydrogen-bond acceptors (Lipinski definition) is 6. The first-order chi connectivity index (χ1) is 15.0. The minimum atomic E-state index is -0.918. The molecule has 0 bridgehead atoms. The summed E-state index contributed by atoms with van der Waals surface area (Å²) in [6.07, 6.45) is 0.964. The zero-order valence-corrected chi connectivity index (χ0v) is 17.2. The number of primary amides is 1. The molecule has 4 N–H and O–H groups in total. The number of methoxy groups -OCH3 is 1. The SMILES string of the molecule is COCc1cc(NCc2cc3ccccc3o2)ccc1C(=O)NC(CCC=O)C(N)=O. The van der Waals surface area contributed by atoms with Crippen LogP contribution in [0.2, 0.25) is 0 Å². The van der Waals surface area contributed by atoms with Crippen LogP contribution in [0.4, 0.5) is 5.69 Å². The lowest BCUT2D eigenvalue weighted by Gasteiger charge is -2.17. The maximum absolute atomic E-state index is 12.7. The Morgan fingerprint density at radius 2 is 2.00 bits per heavy atom. The number of hydrogen-bond donors (Lipinski definition) is 3. The summed E-state index contributed by atoms with van der Waals surface area (Å²) in [5, 5.41) is 6.91. The number of fused-ring (bicyclic) bond motifs is 1. The molecular formula is C23H25N3O5. The van der Waals surface area contributed by atoms with Crippen LogP contribution in [-0.2, 0) is 27.5 Å². The maximum atomic E-state index is 12.7. The maximum Gasteiger partial charge on any atom is 0.252 e. The van der Waals surface area contributed by atoms with E-state index in [9.17, 15) is 14.4 Å². The molecule has 1 atom stereocenters. The Morgan fingerprint density at radius 3 is 2.71 bits per heavy atom. The van der Waals surface area contributed by atoms with Crippen molar-refractivity contribution >= 4 is 34.8 Å². The molecule has 0 aliphatic heterocycles. The summed E-state index contributed by atoms with van der Waals surface area (Å²) in [7, 11) is 1.53. The molecule has 8 heteroatoms. The highest BCUT2D eigenvalue weighted by Gasteiger charge is 2.20. The van der Waals surface area contributed by atoms with Crippen LogP contribution >= 0.6 is 0 Å². The molecule has 3 rings (SSSR count). The minimum Gasteiger partial charge on any atom is -0.459 e. The van der Waals surface area contributed by atoms with Crippen LogP contribution in [0.3, 0.4) is 0 Å². The third kappa shape index (κ3) is 5.70. The predicted molar refractivity (Wildman–Crippen MR) is 116 cm³/mol. The standard InChI is InChI=1S/C23H25N3O5/c1-30-14-16-11-17(25-13-18-12-15-5-2-3-7-21(15)31-18)8-9-19(16)23(29)26-20(22(24)28)6-4-10-27/h2-3,5,7-12,20,25H,4,6,13-14H2,1H3,(H2,24,28)(H,26,29). The van der Waals surface area contributed by atoms with Crippen LogP contribution in [0.15, 0.2) is 52.9 Å². The van der Waals surface area contributed by atoms with E-state index in [0.717, 1.165) is 22.4 Å². The number of ether oxygens (including phenoxy) is 1. The van der Waals surface area contributed by atoms with E-state index in [4.69, 9.17) is 14.9 Å². The molecule has 0 aliphatic carbocycles. The fraction of sp³-hybridized carbons (Fsp3) is 0.261. The topological polar surface area (TPSA) is 124 Å². The first-order valence-corrected chi connectivity index (χ1v) is 9.89. The van der Waals surface area contributed by atoms with Gasteiger partial charge in [0.2, 0.25) is 5.91 Å². The van der Waals surface area contributed by atoms with Crippen LogP contribution < -0.4 is 16.4 Å². The highest BCUT2D eigenvalue weighted by atomic mass is 16.5. The van der Waals surface area contributed by atoms with Crippen LogP contribution in [-0.4, -0.2) is 31.3 Å². The number of carbonyl (C=O) groups excluding carboxylic acids is 3. The number of nitrogens with one attached hydrogen (secondary N) is 2. The number of carbonyl (C=O) groups is 3. The van der Waals surface area contributed by atoms with E-state index in [2.05, 4.69) is 10.6 Å². The molecule has 8 nitrogen and oxygen atoms in total. The van der Waals surface area contributed by atoms with Crippen molar-refractivity contribution in [1.82, 2.24) is 5.32 Å². The van der Waals surface area contributed by atoms with Gasteiger partial charge >= 0.3 is 0 Å². The molecular weight excluding hydrogens is 398 g/mol. The molecule has 0 spiro atoms. The largest absolute Gasteiger partial charge is 0.459 e. The Kier molecular flexibility index (Phi) is 7.40. The second-order valence-corrected chi connectivity index (χ2v) is 7.08. The first kappa shape index (κ1) is 22.0. The van der Waals surface area contributed by atoms with Gasteiger partial charge in [-0.15, -0.1) is 0 Å². The second kappa shape index (κ2) is 10.4. The van der Waals surface area contributed by atoms with E-state index in [1.165, 1.54) is 7.11 Å². The van der Waals surface area contributed by atoms with E-state index >= 15 is 0 Å². The highest BCUT2D eigenvalue weighted by molar-refractivity contribution is 5.98. The van der Waals surface area contributed by atoms with Gasteiger partial charge < -0.3 is 30.3 Å². The third-order valence-corrected chi connectivity index (χ3v) is 4.81. The Morgan fingerprint density at radius 1 is 1.19 bits per heavy atom. The summed E-state index contributed by atoms with van der Waals surface area (Å²) in [4.78, 5) is 34.9. The van der Waals surface area contributed by atoms with Gasteiger partial charge in [0.1, 0.15) is 23.7 Å². The van der Waals surface area contributed by atoms with Crippen molar-refractivity contribution < 1.29 is 23.5 Å². The molecule has 3 aromatic rings. The number of aldehydes is 1. The molecule has 0 saturated carbocycles. The summed E-state index contributed by atoms with van der Waals surface area (Å²) in [6.45, 7) is 0.681. The first-order valence-electron chi connectivity index (χ1n) is 9.89. The molecule has 0 fully saturated rings. The molecule has 0 saturated heterocycles. The van der Waals surface area contributed by atoms with Crippen molar-refractivity contribution in [1.29, 1.82) is 0 Å². The Labute approximate surface area is 179 Å². The average Bonchev–Trinajstić information content (AvgIpc) is 3.18. The molecule has 162 valence electrons. The lowest BCUT2D eigenvalue weighted by Crippen LogP contribution is -2.44. The minimum absolute atomic E-state index is 0.128. The van der Waals surface area contributed by atoms with Crippen LogP contribution in [0.1, 0.15) is 34.5 Å². The highest BCUT2D eigenvalue weighted by Crippen LogP contribution is 2.22. The van der Waals surface area contributed by atoms with Crippen LogP contribution in [0, 0.1) is 0 Å². The molecule has 1 heterocycles. The van der Waals surface area contributed by atoms with Crippen molar-refractivity contribution in [2.75, 3.05) is 12.4 Å². The van der Waals surface area contributed by atoms with Gasteiger partial charge in [-0.25, -0.2) is 0 Å². The number of amides is 2. The van der Waals surface area contributed by atoms with Gasteiger partial charge in [-0.2, -0.15) is 0 Å². The lowest BCUT2D eigenvalue weighted by atomic mass is 10.0. The fourth-order valence-electron chi connectivity index (χ4n) is 3.27. The number of rotatable bonds is 11. The number of para-hydroxylation sites is 1. The van der Waals surface area contributed by atoms with E-state index < -0.39 is 17.9 Å². The molecule has 1 aromatic heterocycles. The van der Waals surface area contributed by atoms with Crippen molar-refractivity contribution in [2.45, 2.75) is 32.0 Å². The summed E-state index contributed by atoms with van der Waals surface area (Å²) < 4.78 is 11.0. The number of anilines is 1. The zero-order chi connectivity index (χ0) is 22.2. The van der Waals surface area contributed by atoms with E-state index in [1.807, 2.05) is 36.4 Å². The van der Waals surface area contributed by atoms with Crippen LogP contribution in [0.25, 0.3) is 11.0 Å². The zero-order valence-electron chi connectivity index (χ0n) is 17.2. The van der Waals surface area contributed by atoms with Crippen molar-refractivity contribution in [2.24, 2.45) is 5.73 Å². The molecule has 2 amide bonds. The average molecular weight is 423 g/mol. The third-order valence-electron chi connectivity index (χ3n) is 4.81. The van der Waals surface area contributed by atoms with E-state index in [0.29, 0.717) is 24.0 Å². The number of furan rings is 1. The van der Waals surface area contributed by atoms with E-state index in [1.54, 1.807) is 12.1 Å². The van der Waals surface area contributed by atoms with E-state index in [-0.39, 0.29) is 19.4 Å². The van der Waals surface area contributed by atoms with Gasteiger partial charge in [-0.05, 0) is 42.3 Å². The monoisotopic (exact) mass is 423 g/mol. The van der Waals surface area contributed by atoms with Gasteiger partial charge in [-0.1, -0.05) is 18.2 Å². The summed E-state index contributed by atoms with van der Waals surface area (Å²) in [5.74, 6) is -0.353. The van der Waals surface area contributed by atoms with Gasteiger partial charge in [0.15, 0.2) is 0 Å². The molecule has 2 aromatic carbocycles. The summed E-state index contributed by atoms with van der Waals surface area (Å²) in [5.41, 5.74) is 7.96. The number of benzene rings is 2. The van der Waals surface area contributed by atoms with Gasteiger partial charge in [0, 0.05) is 30.2 Å². The van der Waals surface area contributed by atoms with Crippen molar-refractivity contribution in [3.05, 3.63) is 65.4 Å². The molecule has 31 heavy (non-hydrogen) atoms. The Balaban J connectivity index is 1.72. The quantitative estimate of drug-likeness (QED) is 0.408. The normalized spacial score (nSPS) is 11.8. The van der Waals surface area contributed by atoms with Gasteiger partial charge in [0.25, 0.3) is 5.91 Å². The molecule has 0 aliphatic rings. The number of nitrogens with two attached hydrogens (primary N) is 1. The summed E-state index contributed by atoms with van der Waals surface area (Å²) >= 11 is 0. The fourth-order valence-corrected chi connectivity index (χ4v) is 3.27. The Bertz CT molecular complexity index is 1040. The van der Waals surface area contributed by atoms with Gasteiger partial charge in [0.05, 0.1) is 13.2 Å². The predicted octanol–water partition coefficient (Wildman–Crippen LogP) is 2.75. The second-order valence-electron chi connectivity index (χ2n) is 7.08. The smallest absolute Gasteiger partial charge is 0.252 e. The summed E-state index contributed by atoms with van der Waals surface area (Å²) in [6, 6.07) is 14.1. The lowest BCUT2D eigenvalue weighted by molar-refractivity contribution is -0.120. The van der Waals surface area contributed by atoms with Crippen LogP contribution in [0.5, 0.6) is 0 Å². The molecule has 1 unspecified atom stereocenters. The Hall–Kier alpha value is -3.65. The van der Waals surface area contributed by atoms with Gasteiger partial charge in [-0.3, -0.25) is 9.59 Å².